The van der Waals surface area contributed by atoms with E-state index in [0.29, 0.717) is 37.9 Å². The van der Waals surface area contributed by atoms with E-state index in [9.17, 15) is 13.2 Å². The van der Waals surface area contributed by atoms with E-state index in [4.69, 9.17) is 0 Å². The van der Waals surface area contributed by atoms with Crippen molar-refractivity contribution in [1.82, 2.24) is 17.4 Å². The molecule has 0 aliphatic carbocycles. The normalized spacial score (nSPS) is 11.8. The third-order valence-electron chi connectivity index (χ3n) is 3.82. The number of alkyl halides is 3. The molecule has 0 fully saturated rings. The Morgan fingerprint density at radius 2 is 1.74 bits per heavy atom. The summed E-state index contributed by atoms with van der Waals surface area (Å²) in [5, 5.41) is 4.40. The Morgan fingerprint density at radius 1 is 1.07 bits per heavy atom. The molecule has 0 amide bonds. The Morgan fingerprint density at radius 3 is 2.33 bits per heavy atom. The van der Waals surface area contributed by atoms with Crippen LogP contribution in [-0.2, 0) is 32.8 Å². The van der Waals surface area contributed by atoms with Crippen LogP contribution in [0.1, 0.15) is 5.56 Å². The fourth-order valence-electron chi connectivity index (χ4n) is 2.46. The Hall–Kier alpha value is -1.93. The summed E-state index contributed by atoms with van der Waals surface area (Å²) in [4.78, 5) is 4.29. The molecule has 3 aromatic rings. The van der Waals surface area contributed by atoms with Gasteiger partial charge in [-0.2, -0.15) is 0 Å². The fraction of sp³-hybridized carbons (Fsp3) is 0.222. The van der Waals surface area contributed by atoms with Gasteiger partial charge in [0, 0.05) is 0 Å². The number of benzene rings is 2. The molecule has 3 rings (SSSR count). The van der Waals surface area contributed by atoms with Crippen LogP contribution >= 0.6 is 0 Å². The van der Waals surface area contributed by atoms with Gasteiger partial charge in [-0.3, -0.25) is 0 Å². The number of hydrogen-bond acceptors (Lipinski definition) is 4. The summed E-state index contributed by atoms with van der Waals surface area (Å²) in [5.41, 5.74) is 2.74. The zero-order valence-electron chi connectivity index (χ0n) is 14.6. The number of nitrogens with zero attached hydrogens (tertiary/aromatic N) is 4. The van der Waals surface area contributed by atoms with Crippen molar-refractivity contribution in [2.45, 2.75) is 12.8 Å². The van der Waals surface area contributed by atoms with Gasteiger partial charge in [-0.25, -0.2) is 0 Å². The second-order valence-corrected chi connectivity index (χ2v) is 10.3. The molecule has 0 saturated heterocycles. The van der Waals surface area contributed by atoms with E-state index in [1.54, 1.807) is 0 Å². The van der Waals surface area contributed by atoms with Crippen molar-refractivity contribution >= 4 is 0 Å². The SMILES string of the molecule is C[N]([Hg])CCc1ccc(-c2ncn(-c3ccc(OC(F)(F)F)cc3)n2)cc1. The predicted molar refractivity (Wildman–Crippen MR) is 89.8 cm³/mol. The number of halogens is 3. The fourth-order valence-corrected chi connectivity index (χ4v) is 3.08. The van der Waals surface area contributed by atoms with Crippen LogP contribution in [0.15, 0.2) is 54.9 Å². The van der Waals surface area contributed by atoms with Crippen molar-refractivity contribution in [3.8, 4) is 22.8 Å². The van der Waals surface area contributed by atoms with Gasteiger partial charge in [-0.1, -0.05) is 0 Å². The number of aromatic nitrogens is 3. The average Bonchev–Trinajstić information content (AvgIpc) is 3.10. The number of likely N-dealkylation sites (N-methyl/N-ethyl adjacent to an activating group) is 1. The van der Waals surface area contributed by atoms with E-state index in [0.717, 1.165) is 18.5 Å². The van der Waals surface area contributed by atoms with Gasteiger partial charge in [0.15, 0.2) is 0 Å². The van der Waals surface area contributed by atoms with Gasteiger partial charge in [-0.15, -0.1) is 13.2 Å². The van der Waals surface area contributed by atoms with E-state index in [1.807, 2.05) is 12.1 Å². The van der Waals surface area contributed by atoms with Crippen LogP contribution < -0.4 is 4.74 Å². The monoisotopic (exact) mass is 563 g/mol. The van der Waals surface area contributed by atoms with E-state index >= 15 is 0 Å². The van der Waals surface area contributed by atoms with Gasteiger partial charge in [0.1, 0.15) is 5.75 Å². The van der Waals surface area contributed by atoms with E-state index < -0.39 is 6.36 Å². The average molecular weight is 562 g/mol. The third kappa shape index (κ3) is 5.77. The van der Waals surface area contributed by atoms with Crippen LogP contribution in [0.4, 0.5) is 13.2 Å². The molecule has 9 heteroatoms. The van der Waals surface area contributed by atoms with Crippen LogP contribution in [0.3, 0.4) is 0 Å². The van der Waals surface area contributed by atoms with Crippen LogP contribution in [-0.4, -0.2) is 37.4 Å². The second-order valence-electron chi connectivity index (χ2n) is 6.08. The Labute approximate surface area is 171 Å². The minimum atomic E-state index is -4.70. The molecule has 1 heterocycles. The quantitative estimate of drug-likeness (QED) is 0.430. The van der Waals surface area contributed by atoms with E-state index in [1.165, 1.54) is 40.8 Å². The van der Waals surface area contributed by atoms with Crippen molar-refractivity contribution < 1.29 is 44.3 Å². The van der Waals surface area contributed by atoms with Crippen molar-refractivity contribution in [3.05, 3.63) is 60.4 Å². The second kappa shape index (κ2) is 8.39. The van der Waals surface area contributed by atoms with E-state index in [-0.39, 0.29) is 5.75 Å². The molecular weight excluding hydrogens is 546 g/mol. The summed E-state index contributed by atoms with van der Waals surface area (Å²) < 4.78 is 44.4. The number of ether oxygens (including phenoxy) is 1. The molecule has 0 aliphatic rings. The van der Waals surface area contributed by atoms with Gasteiger partial charge in [-0.05, 0) is 12.1 Å². The van der Waals surface area contributed by atoms with Gasteiger partial charge in [0.05, 0.1) is 0 Å². The van der Waals surface area contributed by atoms with Gasteiger partial charge in [0.25, 0.3) is 0 Å². The first kappa shape index (κ1) is 19.8. The molecule has 5 nitrogen and oxygen atoms in total. The summed E-state index contributed by atoms with van der Waals surface area (Å²) in [7, 11) is 2.12. The molecule has 2 aromatic carbocycles. The Kier molecular flexibility index (Phi) is 6.16. The minimum absolute atomic E-state index is 0.274. The van der Waals surface area contributed by atoms with Crippen LogP contribution in [0, 0.1) is 0 Å². The third-order valence-corrected chi connectivity index (χ3v) is 5.05. The molecule has 137 valence electrons. The van der Waals surface area contributed by atoms with E-state index in [2.05, 4.69) is 36.7 Å². The summed E-state index contributed by atoms with van der Waals surface area (Å²) in [5.74, 6) is 0.281. The molecule has 0 radical (unpaired) electrons. The van der Waals surface area contributed by atoms with Gasteiger partial charge < -0.3 is 4.74 Å². The molecule has 1 aromatic heterocycles. The maximum absolute atomic E-state index is 12.2. The zero-order chi connectivity index (χ0) is 19.4. The topological polar surface area (TPSA) is 43.2 Å². The predicted octanol–water partition coefficient (Wildman–Crippen LogP) is 3.77. The molecule has 0 bridgehead atoms. The Bertz CT molecular complexity index is 877. The molecule has 0 spiro atoms. The summed E-state index contributed by atoms with van der Waals surface area (Å²) in [6.07, 6.45) is -2.17. The van der Waals surface area contributed by atoms with Crippen LogP contribution in [0.5, 0.6) is 5.75 Å². The molecule has 0 atom stereocenters. The maximum atomic E-state index is 12.2. The standard InChI is InChI=1S/C18H16F3N4O.Hg/c1-22-11-10-13-2-4-14(5-3-13)17-23-12-25(24-17)15-6-8-16(9-7-15)26-18(19,20)21;/h2-9,12H,10-11H2,1H3;/q-1;+1. The number of hydrogen-bond donors (Lipinski definition) is 0. The molecule has 27 heavy (non-hydrogen) atoms. The summed E-state index contributed by atoms with van der Waals surface area (Å²) >= 11 is 0.646. The van der Waals surface area contributed by atoms with Gasteiger partial charge >= 0.3 is 136 Å². The molecule has 0 N–H and O–H groups in total. The van der Waals surface area contributed by atoms with Crippen LogP contribution in [0.25, 0.3) is 17.1 Å². The molecule has 0 saturated carbocycles. The van der Waals surface area contributed by atoms with Crippen molar-refractivity contribution in [1.29, 1.82) is 0 Å². The Balaban J connectivity index is 1.71. The molecule has 0 aliphatic heterocycles. The summed E-state index contributed by atoms with van der Waals surface area (Å²) in [6.45, 7) is 1.06. The van der Waals surface area contributed by atoms with Crippen molar-refractivity contribution in [3.63, 3.8) is 0 Å². The first-order chi connectivity index (χ1) is 12.8. The molecule has 0 unspecified atom stereocenters. The molecular formula is C18H16F3HgN4O. The first-order valence-corrected chi connectivity index (χ1v) is 10.6. The summed E-state index contributed by atoms with van der Waals surface area (Å²) in [6, 6.07) is 13.6. The van der Waals surface area contributed by atoms with Crippen LogP contribution in [0.2, 0.25) is 0 Å². The number of rotatable bonds is 6. The van der Waals surface area contributed by atoms with Gasteiger partial charge in [0.2, 0.25) is 0 Å². The van der Waals surface area contributed by atoms with Crippen molar-refractivity contribution in [2.24, 2.45) is 0 Å². The first-order valence-electron chi connectivity index (χ1n) is 8.19. The van der Waals surface area contributed by atoms with Crippen molar-refractivity contribution in [2.75, 3.05) is 13.6 Å². The zero-order valence-corrected chi connectivity index (χ0v) is 20.1.